The molecular formula is C14H24N2S. The van der Waals surface area contributed by atoms with Crippen molar-refractivity contribution < 1.29 is 0 Å². The minimum Gasteiger partial charge on any atom is -0.302 e. The van der Waals surface area contributed by atoms with Crippen LogP contribution in [0, 0.1) is 5.92 Å². The molecule has 96 valence electrons. The normalized spacial score (nSPS) is 19.7. The van der Waals surface area contributed by atoms with Crippen molar-refractivity contribution in [2.24, 2.45) is 5.92 Å². The SMILES string of the molecule is CC(C)CN1CCCN(Cc2ccsc2)CC1. The van der Waals surface area contributed by atoms with Crippen LogP contribution >= 0.6 is 11.3 Å². The number of hydrogen-bond donors (Lipinski definition) is 0. The molecule has 1 fully saturated rings. The van der Waals surface area contributed by atoms with E-state index in [0.29, 0.717) is 0 Å². The second-order valence-corrected chi connectivity index (χ2v) is 6.24. The third-order valence-corrected chi connectivity index (χ3v) is 4.02. The lowest BCUT2D eigenvalue weighted by atomic mass is 10.2. The molecule has 1 aliphatic rings. The molecule has 0 spiro atoms. The highest BCUT2D eigenvalue weighted by Gasteiger charge is 2.15. The van der Waals surface area contributed by atoms with Gasteiger partial charge in [-0.25, -0.2) is 0 Å². The molecule has 2 heterocycles. The number of thiophene rings is 1. The van der Waals surface area contributed by atoms with Crippen LogP contribution in [0.3, 0.4) is 0 Å². The molecule has 1 aliphatic heterocycles. The average molecular weight is 252 g/mol. The van der Waals surface area contributed by atoms with Crippen molar-refractivity contribution >= 4 is 11.3 Å². The van der Waals surface area contributed by atoms with E-state index in [1.165, 1.54) is 44.7 Å². The van der Waals surface area contributed by atoms with Crippen molar-refractivity contribution in [3.05, 3.63) is 22.4 Å². The fourth-order valence-electron chi connectivity index (χ4n) is 2.52. The molecule has 0 radical (unpaired) electrons. The zero-order valence-corrected chi connectivity index (χ0v) is 11.9. The number of nitrogens with zero attached hydrogens (tertiary/aromatic N) is 2. The van der Waals surface area contributed by atoms with Crippen LogP contribution in [-0.2, 0) is 6.54 Å². The number of hydrogen-bond acceptors (Lipinski definition) is 3. The summed E-state index contributed by atoms with van der Waals surface area (Å²) in [4.78, 5) is 5.22. The smallest absolute Gasteiger partial charge is 0.0242 e. The van der Waals surface area contributed by atoms with Gasteiger partial charge in [0.1, 0.15) is 0 Å². The molecule has 0 bridgehead atoms. The van der Waals surface area contributed by atoms with Gasteiger partial charge in [-0.15, -0.1) is 0 Å². The number of rotatable bonds is 4. The summed E-state index contributed by atoms with van der Waals surface area (Å²) in [7, 11) is 0. The van der Waals surface area contributed by atoms with Gasteiger partial charge in [-0.05, 0) is 47.8 Å². The summed E-state index contributed by atoms with van der Waals surface area (Å²) in [5.41, 5.74) is 1.48. The first-order valence-corrected chi connectivity index (χ1v) is 7.64. The molecule has 3 heteroatoms. The van der Waals surface area contributed by atoms with Crippen LogP contribution in [0.15, 0.2) is 16.8 Å². The van der Waals surface area contributed by atoms with E-state index in [4.69, 9.17) is 0 Å². The fourth-order valence-corrected chi connectivity index (χ4v) is 3.18. The van der Waals surface area contributed by atoms with Gasteiger partial charge in [0.2, 0.25) is 0 Å². The van der Waals surface area contributed by atoms with Crippen LogP contribution < -0.4 is 0 Å². The van der Waals surface area contributed by atoms with Crippen LogP contribution in [0.4, 0.5) is 0 Å². The Morgan fingerprint density at radius 2 is 1.94 bits per heavy atom. The van der Waals surface area contributed by atoms with Crippen LogP contribution in [0.1, 0.15) is 25.8 Å². The van der Waals surface area contributed by atoms with Gasteiger partial charge in [-0.2, -0.15) is 11.3 Å². The lowest BCUT2D eigenvalue weighted by molar-refractivity contribution is 0.235. The highest BCUT2D eigenvalue weighted by atomic mass is 32.1. The molecule has 0 N–H and O–H groups in total. The first kappa shape index (κ1) is 13.1. The molecule has 2 rings (SSSR count). The molecule has 0 amide bonds. The molecule has 1 saturated heterocycles. The summed E-state index contributed by atoms with van der Waals surface area (Å²) in [5.74, 6) is 0.790. The van der Waals surface area contributed by atoms with E-state index >= 15 is 0 Å². The van der Waals surface area contributed by atoms with Gasteiger partial charge in [0.25, 0.3) is 0 Å². The van der Waals surface area contributed by atoms with Crippen LogP contribution in [0.2, 0.25) is 0 Å². The van der Waals surface area contributed by atoms with E-state index < -0.39 is 0 Å². The summed E-state index contributed by atoms with van der Waals surface area (Å²) < 4.78 is 0. The molecular weight excluding hydrogens is 228 g/mol. The molecule has 0 atom stereocenters. The van der Waals surface area contributed by atoms with Crippen LogP contribution in [0.5, 0.6) is 0 Å². The third kappa shape index (κ3) is 4.41. The minimum atomic E-state index is 0.790. The van der Waals surface area contributed by atoms with Crippen molar-refractivity contribution in [3.8, 4) is 0 Å². The summed E-state index contributed by atoms with van der Waals surface area (Å²) in [5, 5.41) is 4.45. The summed E-state index contributed by atoms with van der Waals surface area (Å²) in [6.07, 6.45) is 1.32. The summed E-state index contributed by atoms with van der Waals surface area (Å²) in [6.45, 7) is 12.0. The van der Waals surface area contributed by atoms with Crippen LogP contribution in [0.25, 0.3) is 0 Å². The molecule has 0 aliphatic carbocycles. The largest absolute Gasteiger partial charge is 0.302 e. The maximum Gasteiger partial charge on any atom is 0.0242 e. The highest BCUT2D eigenvalue weighted by Crippen LogP contribution is 2.12. The van der Waals surface area contributed by atoms with E-state index in [9.17, 15) is 0 Å². The standard InChI is InChI=1S/C14H24N2S/c1-13(2)10-15-5-3-6-16(8-7-15)11-14-4-9-17-12-14/h4,9,12-13H,3,5-8,10-11H2,1-2H3. The topological polar surface area (TPSA) is 6.48 Å². The Balaban J connectivity index is 1.79. The predicted molar refractivity (Wildman–Crippen MR) is 75.5 cm³/mol. The molecule has 0 aromatic carbocycles. The zero-order chi connectivity index (χ0) is 12.1. The van der Waals surface area contributed by atoms with E-state index in [1.807, 2.05) is 0 Å². The first-order chi connectivity index (χ1) is 8.24. The highest BCUT2D eigenvalue weighted by molar-refractivity contribution is 7.07. The summed E-state index contributed by atoms with van der Waals surface area (Å²) in [6, 6.07) is 2.25. The van der Waals surface area contributed by atoms with Gasteiger partial charge in [0.15, 0.2) is 0 Å². The predicted octanol–water partition coefficient (Wildman–Crippen LogP) is 2.91. The Labute approximate surface area is 109 Å². The Morgan fingerprint density at radius 1 is 1.18 bits per heavy atom. The molecule has 17 heavy (non-hydrogen) atoms. The van der Waals surface area contributed by atoms with E-state index in [0.717, 1.165) is 12.5 Å². The Kier molecular flexibility index (Phi) is 5.01. The quantitative estimate of drug-likeness (QED) is 0.813. The molecule has 1 aromatic heterocycles. The maximum atomic E-state index is 2.62. The van der Waals surface area contributed by atoms with Gasteiger partial charge in [-0.3, -0.25) is 4.90 Å². The molecule has 0 saturated carbocycles. The van der Waals surface area contributed by atoms with Crippen molar-refractivity contribution in [1.29, 1.82) is 0 Å². The average Bonchev–Trinajstić information content (AvgIpc) is 2.68. The lowest BCUT2D eigenvalue weighted by Crippen LogP contribution is -2.32. The van der Waals surface area contributed by atoms with E-state index in [-0.39, 0.29) is 0 Å². The van der Waals surface area contributed by atoms with E-state index in [2.05, 4.69) is 40.5 Å². The van der Waals surface area contributed by atoms with Gasteiger partial charge < -0.3 is 4.90 Å². The Hall–Kier alpha value is -0.380. The van der Waals surface area contributed by atoms with Crippen molar-refractivity contribution in [2.45, 2.75) is 26.8 Å². The van der Waals surface area contributed by atoms with E-state index in [1.54, 1.807) is 11.3 Å². The monoisotopic (exact) mass is 252 g/mol. The molecule has 1 aromatic rings. The van der Waals surface area contributed by atoms with Gasteiger partial charge in [-0.1, -0.05) is 13.8 Å². The van der Waals surface area contributed by atoms with Gasteiger partial charge in [0, 0.05) is 26.2 Å². The lowest BCUT2D eigenvalue weighted by Gasteiger charge is -2.22. The Morgan fingerprint density at radius 3 is 2.65 bits per heavy atom. The maximum absolute atomic E-state index is 2.62. The molecule has 2 nitrogen and oxygen atoms in total. The van der Waals surface area contributed by atoms with Crippen molar-refractivity contribution in [1.82, 2.24) is 9.80 Å². The Bertz CT molecular complexity index is 308. The third-order valence-electron chi connectivity index (χ3n) is 3.29. The second kappa shape index (κ2) is 6.53. The van der Waals surface area contributed by atoms with Crippen molar-refractivity contribution in [2.75, 3.05) is 32.7 Å². The fraction of sp³-hybridized carbons (Fsp3) is 0.714. The van der Waals surface area contributed by atoms with Gasteiger partial charge >= 0.3 is 0 Å². The second-order valence-electron chi connectivity index (χ2n) is 5.46. The first-order valence-electron chi connectivity index (χ1n) is 6.70. The van der Waals surface area contributed by atoms with Crippen LogP contribution in [-0.4, -0.2) is 42.5 Å². The zero-order valence-electron chi connectivity index (χ0n) is 11.1. The van der Waals surface area contributed by atoms with Crippen molar-refractivity contribution in [3.63, 3.8) is 0 Å². The molecule has 0 unspecified atom stereocenters. The minimum absolute atomic E-state index is 0.790. The summed E-state index contributed by atoms with van der Waals surface area (Å²) >= 11 is 1.81. The van der Waals surface area contributed by atoms with Gasteiger partial charge in [0.05, 0.1) is 0 Å².